The van der Waals surface area contributed by atoms with Gasteiger partial charge >= 0.3 is 0 Å². The van der Waals surface area contributed by atoms with Crippen molar-refractivity contribution in [3.63, 3.8) is 0 Å². The maximum absolute atomic E-state index is 16.1. The molecule has 16 nitrogen and oxygen atoms in total. The lowest BCUT2D eigenvalue weighted by Crippen LogP contribution is -2.52. The summed E-state index contributed by atoms with van der Waals surface area (Å²) in [5.41, 5.74) is 4.06. The number of carbonyl (C=O) groups is 6. The molecule has 496 valence electrons. The first kappa shape index (κ1) is 65.7. The maximum Gasteiger partial charge on any atom is 0.262 e. The number of nitrogens with one attached hydrogen (secondary N) is 2. The molecular formula is C82H78N6O10. The molecule has 0 fully saturated rings. The van der Waals surface area contributed by atoms with Crippen molar-refractivity contribution >= 4 is 89.9 Å². The van der Waals surface area contributed by atoms with E-state index >= 15 is 19.2 Å². The van der Waals surface area contributed by atoms with Gasteiger partial charge in [-0.3, -0.25) is 48.5 Å². The van der Waals surface area contributed by atoms with Crippen molar-refractivity contribution in [1.82, 2.24) is 19.8 Å². The molecule has 6 amide bonds. The van der Waals surface area contributed by atoms with E-state index in [-0.39, 0.29) is 90.5 Å². The van der Waals surface area contributed by atoms with Gasteiger partial charge < -0.3 is 29.6 Å². The van der Waals surface area contributed by atoms with E-state index in [0.717, 1.165) is 32.1 Å². The monoisotopic (exact) mass is 1310 g/mol. The molecule has 0 saturated carbocycles. The Morgan fingerprint density at radius 2 is 0.571 bits per heavy atom. The molecule has 98 heavy (non-hydrogen) atoms. The predicted octanol–water partition coefficient (Wildman–Crippen LogP) is 18.9. The molecule has 2 aromatic heterocycles. The lowest BCUT2D eigenvalue weighted by Gasteiger charge is -2.35. The number of rotatable bonds is 16. The second kappa shape index (κ2) is 24.6. The molecule has 4 heterocycles. The van der Waals surface area contributed by atoms with E-state index in [0.29, 0.717) is 66.7 Å². The lowest BCUT2D eigenvalue weighted by atomic mass is 9.80. The average Bonchev–Trinajstić information content (AvgIpc) is 0.671. The van der Waals surface area contributed by atoms with E-state index < -0.39 is 47.5 Å². The van der Waals surface area contributed by atoms with Crippen LogP contribution in [-0.2, 0) is 31.2 Å². The number of fused-ring (bicyclic) bond motifs is 2. The first-order valence-electron chi connectivity index (χ1n) is 33.2. The maximum atomic E-state index is 16.1. The van der Waals surface area contributed by atoms with Crippen LogP contribution in [0.25, 0.3) is 43.1 Å². The molecule has 0 bridgehead atoms. The van der Waals surface area contributed by atoms with Crippen LogP contribution in [0.1, 0.15) is 173 Å². The van der Waals surface area contributed by atoms with Gasteiger partial charge in [-0.15, -0.1) is 0 Å². The Labute approximate surface area is 569 Å². The number of benzene rings is 9. The Morgan fingerprint density at radius 3 is 0.776 bits per heavy atom. The number of hydrogen-bond donors (Lipinski definition) is 2. The van der Waals surface area contributed by atoms with Crippen LogP contribution in [0.4, 0.5) is 11.4 Å². The second-order valence-electron chi connectivity index (χ2n) is 29.5. The van der Waals surface area contributed by atoms with E-state index in [1.54, 1.807) is 62.4 Å². The Balaban J connectivity index is 1.20. The highest BCUT2D eigenvalue weighted by molar-refractivity contribution is 6.45. The van der Waals surface area contributed by atoms with Gasteiger partial charge in [-0.1, -0.05) is 145 Å². The highest BCUT2D eigenvalue weighted by atomic mass is 16.5. The van der Waals surface area contributed by atoms with Crippen LogP contribution in [0.5, 0.6) is 46.0 Å². The zero-order valence-electron chi connectivity index (χ0n) is 57.6. The predicted molar refractivity (Wildman–Crippen MR) is 383 cm³/mol. The summed E-state index contributed by atoms with van der Waals surface area (Å²) in [6, 6.07) is 40.8. The standard InChI is InChI=1S/C82H78N6O10/c1-15-59(73(89)85-49-33-37-83-38-34-49)87-75(91)55-41-61(95-51-25-17-45(18-26-51)79(3,4)5)67-69-63(97-53-29-21-47(22-30-53)81(9,10)11)43-57-66-58(78(94)88(77(57)93)60(16-2)74(90)86-50-35-39-84-40-36-50)44-64(98-54-31-23-48(24-32-54)82(12,13)14)70(72(66)69)68-62(42-56(76(87)92)65(55)71(67)68)96-52-27-19-46(20-28-52)80(6,7)8/h17-44,59-60H,15-16H2,1-14H3,(H,83,85,89)(H,84,86,90). The van der Waals surface area contributed by atoms with Crippen LogP contribution >= 0.6 is 0 Å². The molecule has 2 aliphatic heterocycles. The number of nitrogens with zero attached hydrogens (tertiary/aromatic N) is 4. The van der Waals surface area contributed by atoms with Crippen LogP contribution in [-0.4, -0.2) is 67.3 Å². The van der Waals surface area contributed by atoms with Crippen LogP contribution in [0.3, 0.4) is 0 Å². The first-order valence-corrected chi connectivity index (χ1v) is 33.2. The molecule has 2 unspecified atom stereocenters. The minimum Gasteiger partial charge on any atom is -0.457 e. The topological polar surface area (TPSA) is 196 Å². The highest BCUT2D eigenvalue weighted by Gasteiger charge is 2.46. The third-order valence-electron chi connectivity index (χ3n) is 18.7. The number of amides is 6. The Kier molecular flexibility index (Phi) is 16.5. The summed E-state index contributed by atoms with van der Waals surface area (Å²) in [4.78, 5) is 104. The minimum atomic E-state index is -1.32. The van der Waals surface area contributed by atoms with E-state index in [4.69, 9.17) is 18.9 Å². The van der Waals surface area contributed by atoms with Gasteiger partial charge in [-0.2, -0.15) is 0 Å². The van der Waals surface area contributed by atoms with Crippen LogP contribution in [0.15, 0.2) is 170 Å². The molecule has 13 rings (SSSR count). The lowest BCUT2D eigenvalue weighted by molar-refractivity contribution is -0.120. The molecule has 2 N–H and O–H groups in total. The Bertz CT molecular complexity index is 4460. The number of hydrogen-bond acceptors (Lipinski definition) is 12. The van der Waals surface area contributed by atoms with Crippen molar-refractivity contribution in [2.75, 3.05) is 10.6 Å². The number of anilines is 2. The van der Waals surface area contributed by atoms with Gasteiger partial charge in [-0.05, 0) is 154 Å². The van der Waals surface area contributed by atoms with Gasteiger partial charge in [0.25, 0.3) is 23.6 Å². The SMILES string of the molecule is CCC(C(=O)Nc1ccncc1)N1C(=O)c2cc(Oc3ccc(C(C)(C)C)cc3)c3c4c(Oc5ccc(C(C)(C)C)cc5)cc5c6c(cc(Oc7ccc(C(C)(C)C)cc7)c(c7c(Oc8ccc(C(C)(C)C)cc8)cc(c2c37)C1=O)c64)C(=O)N(C(CC)C(=O)Nc1ccncc1)C5=O. The highest BCUT2D eigenvalue weighted by Crippen LogP contribution is 2.58. The van der Waals surface area contributed by atoms with Crippen molar-refractivity contribution in [3.8, 4) is 46.0 Å². The molecule has 0 aliphatic carbocycles. The summed E-state index contributed by atoms with van der Waals surface area (Å²) in [7, 11) is 0. The quantitative estimate of drug-likeness (QED) is 0.0528. The fourth-order valence-electron chi connectivity index (χ4n) is 13.3. The number of imide groups is 2. The molecule has 9 aromatic carbocycles. The molecule has 2 aliphatic rings. The van der Waals surface area contributed by atoms with E-state index in [1.165, 1.54) is 24.8 Å². The fourth-order valence-corrected chi connectivity index (χ4v) is 13.3. The summed E-state index contributed by atoms with van der Waals surface area (Å²) in [6.07, 6.45) is 6.20. The number of aromatic nitrogens is 2. The second-order valence-corrected chi connectivity index (χ2v) is 29.5. The van der Waals surface area contributed by atoms with Crippen LogP contribution in [0, 0.1) is 0 Å². The van der Waals surface area contributed by atoms with E-state index in [2.05, 4.69) is 104 Å². The van der Waals surface area contributed by atoms with Crippen LogP contribution in [0.2, 0.25) is 0 Å². The van der Waals surface area contributed by atoms with E-state index in [9.17, 15) is 9.59 Å². The van der Waals surface area contributed by atoms with Gasteiger partial charge in [-0.25, -0.2) is 0 Å². The molecule has 0 saturated heterocycles. The molecular weight excluding hydrogens is 1230 g/mol. The summed E-state index contributed by atoms with van der Waals surface area (Å²) in [5, 5.41) is 8.10. The van der Waals surface area contributed by atoms with Gasteiger partial charge in [0.05, 0.1) is 22.3 Å². The average molecular weight is 1310 g/mol. The smallest absolute Gasteiger partial charge is 0.262 e. The van der Waals surface area contributed by atoms with Gasteiger partial charge in [0.2, 0.25) is 11.8 Å². The van der Waals surface area contributed by atoms with Gasteiger partial charge in [0.1, 0.15) is 58.1 Å². The zero-order chi connectivity index (χ0) is 69.7. The minimum absolute atomic E-state index is 0.0309. The zero-order valence-corrected chi connectivity index (χ0v) is 57.6. The van der Waals surface area contributed by atoms with Crippen molar-refractivity contribution in [2.45, 2.75) is 144 Å². The normalized spacial score (nSPS) is 14.1. The molecule has 0 spiro atoms. The molecule has 11 aromatic rings. The fraction of sp³-hybridized carbons (Fsp3) is 0.268. The number of carbonyl (C=O) groups excluding carboxylic acids is 6. The van der Waals surface area contributed by atoms with Crippen molar-refractivity contribution < 1.29 is 47.7 Å². The third-order valence-corrected chi connectivity index (χ3v) is 18.7. The number of ether oxygens (including phenoxy) is 4. The Hall–Kier alpha value is -11.0. The third kappa shape index (κ3) is 11.8. The Morgan fingerprint density at radius 1 is 0.347 bits per heavy atom. The summed E-state index contributed by atoms with van der Waals surface area (Å²) < 4.78 is 29.2. The molecule has 2 atom stereocenters. The largest absolute Gasteiger partial charge is 0.457 e. The molecule has 0 radical (unpaired) electrons. The van der Waals surface area contributed by atoms with Crippen molar-refractivity contribution in [1.29, 1.82) is 0 Å². The van der Waals surface area contributed by atoms with E-state index in [1.807, 2.05) is 97.1 Å². The van der Waals surface area contributed by atoms with Crippen molar-refractivity contribution in [2.24, 2.45) is 0 Å². The van der Waals surface area contributed by atoms with Crippen LogP contribution < -0.4 is 29.6 Å². The molecule has 16 heteroatoms. The summed E-state index contributed by atoms with van der Waals surface area (Å²) in [6.45, 7) is 28.8. The van der Waals surface area contributed by atoms with Crippen molar-refractivity contribution in [3.05, 3.63) is 215 Å². The van der Waals surface area contributed by atoms with Gasteiger partial charge in [0.15, 0.2) is 0 Å². The van der Waals surface area contributed by atoms with Gasteiger partial charge in [0, 0.05) is 79.3 Å². The number of pyridine rings is 2. The summed E-state index contributed by atoms with van der Waals surface area (Å²) in [5.74, 6) is -2.34. The summed E-state index contributed by atoms with van der Waals surface area (Å²) >= 11 is 0. The first-order chi connectivity index (χ1) is 46.5.